The van der Waals surface area contributed by atoms with Gasteiger partial charge in [-0.05, 0) is 92.1 Å². The smallest absolute Gasteiger partial charge is 0.339 e. The molecule has 40 heavy (non-hydrogen) atoms. The molecule has 1 aliphatic carbocycles. The third kappa shape index (κ3) is 4.94. The third-order valence-corrected chi connectivity index (χ3v) is 8.96. The molecule has 5 fully saturated rings. The van der Waals surface area contributed by atoms with Crippen LogP contribution in [-0.4, -0.2) is 43.3 Å². The lowest BCUT2D eigenvalue weighted by Crippen LogP contribution is -2.70. The van der Waals surface area contributed by atoms with Crippen LogP contribution in [0, 0.1) is 23.7 Å². The van der Waals surface area contributed by atoms with Crippen molar-refractivity contribution < 1.29 is 33.5 Å². The van der Waals surface area contributed by atoms with Crippen molar-refractivity contribution in [1.82, 2.24) is 5.43 Å². The lowest BCUT2D eigenvalue weighted by Gasteiger charge is -2.60. The van der Waals surface area contributed by atoms with Gasteiger partial charge in [-0.1, -0.05) is 13.8 Å². The van der Waals surface area contributed by atoms with E-state index in [0.29, 0.717) is 29.0 Å². The van der Waals surface area contributed by atoms with E-state index < -0.39 is 30.0 Å². The molecule has 1 unspecified atom stereocenters. The standard InChI is InChI=1S/C30H37N3O7/c1-18-5-14-25-19(2)26(37-27-30(25)24(18)15-16-29(3,38-27)39-40-30)36-23-10-6-20(7-11-23)17-31-33-28(34)32-21-8-12-22(35-4)13-9-21/h6-13,17-19,24-27H,5,14-16H2,1-4H3,(H2,32,33,34)/b31-17+/t18-,19-,24+,25+,26+,27?,29+,30-/m1/s1. The minimum atomic E-state index is -0.816. The highest BCUT2D eigenvalue weighted by Crippen LogP contribution is 2.60. The Balaban J connectivity index is 1.08. The average Bonchev–Trinajstić information content (AvgIpc) is 3.18. The normalized spacial score (nSPS) is 36.4. The molecule has 0 aromatic heterocycles. The molecule has 4 saturated heterocycles. The summed E-state index contributed by atoms with van der Waals surface area (Å²) >= 11 is 0. The van der Waals surface area contributed by atoms with Crippen LogP contribution in [-0.2, 0) is 19.2 Å². The fraction of sp³-hybridized carbons (Fsp3) is 0.533. The predicted octanol–water partition coefficient (Wildman–Crippen LogP) is 5.44. The molecule has 0 radical (unpaired) electrons. The first kappa shape index (κ1) is 27.0. The molecule has 5 aliphatic rings. The molecule has 2 amide bonds. The molecule has 10 heteroatoms. The van der Waals surface area contributed by atoms with Crippen LogP contribution in [0.1, 0.15) is 52.0 Å². The molecular weight excluding hydrogens is 514 g/mol. The molecule has 2 bridgehead atoms. The van der Waals surface area contributed by atoms with Gasteiger partial charge < -0.3 is 24.3 Å². The second kappa shape index (κ2) is 10.7. The summed E-state index contributed by atoms with van der Waals surface area (Å²) in [5, 5.41) is 6.74. The SMILES string of the molecule is COc1ccc(NC(=O)N/N=C/c2ccc(O[C@H]3OC4O[C@]5(C)CC[C@H]6[C@H](C)CC[C@@H]([C@H]3C)[C@@]46OO5)cc2)cc1. The molecule has 2 N–H and O–H groups in total. The van der Waals surface area contributed by atoms with Gasteiger partial charge in [0.15, 0.2) is 11.9 Å². The molecule has 2 aromatic rings. The number of carbonyl (C=O) groups is 1. The van der Waals surface area contributed by atoms with Crippen LogP contribution in [0.5, 0.6) is 11.5 Å². The summed E-state index contributed by atoms with van der Waals surface area (Å²) in [7, 11) is 1.59. The molecule has 1 spiro atoms. The van der Waals surface area contributed by atoms with Gasteiger partial charge in [0.2, 0.25) is 12.1 Å². The first-order valence-corrected chi connectivity index (χ1v) is 14.0. The topological polar surface area (TPSA) is 109 Å². The maximum absolute atomic E-state index is 12.1. The van der Waals surface area contributed by atoms with Gasteiger partial charge >= 0.3 is 6.03 Å². The number of fused-ring (bicyclic) bond motifs is 2. The molecule has 4 heterocycles. The van der Waals surface area contributed by atoms with E-state index >= 15 is 0 Å². The van der Waals surface area contributed by atoms with Crippen molar-refractivity contribution in [2.75, 3.05) is 12.4 Å². The second-order valence-electron chi connectivity index (χ2n) is 11.5. The minimum absolute atomic E-state index is 0.0792. The Labute approximate surface area is 234 Å². The Morgan fingerprint density at radius 2 is 1.75 bits per heavy atom. The molecule has 7 rings (SSSR count). The minimum Gasteiger partial charge on any atom is -0.497 e. The fourth-order valence-corrected chi connectivity index (χ4v) is 6.77. The molecule has 214 valence electrons. The van der Waals surface area contributed by atoms with Crippen LogP contribution < -0.4 is 20.2 Å². The number of nitrogens with zero attached hydrogens (tertiary/aromatic N) is 1. The average molecular weight is 552 g/mol. The van der Waals surface area contributed by atoms with Crippen LogP contribution in [0.3, 0.4) is 0 Å². The van der Waals surface area contributed by atoms with Crippen LogP contribution in [0.4, 0.5) is 10.5 Å². The highest BCUT2D eigenvalue weighted by molar-refractivity contribution is 5.90. The quantitative estimate of drug-likeness (QED) is 0.280. The van der Waals surface area contributed by atoms with Crippen molar-refractivity contribution in [2.24, 2.45) is 28.8 Å². The van der Waals surface area contributed by atoms with E-state index in [9.17, 15) is 4.79 Å². The lowest BCUT2D eigenvalue weighted by molar-refractivity contribution is -0.575. The number of benzene rings is 2. The highest BCUT2D eigenvalue weighted by Gasteiger charge is 2.69. The van der Waals surface area contributed by atoms with Gasteiger partial charge in [0.25, 0.3) is 0 Å². The van der Waals surface area contributed by atoms with Gasteiger partial charge in [-0.25, -0.2) is 20.0 Å². The number of methoxy groups -OCH3 is 1. The Bertz CT molecular complexity index is 1240. The third-order valence-electron chi connectivity index (χ3n) is 8.96. The van der Waals surface area contributed by atoms with Crippen LogP contribution in [0.15, 0.2) is 53.6 Å². The summed E-state index contributed by atoms with van der Waals surface area (Å²) in [6, 6.07) is 14.1. The Morgan fingerprint density at radius 1 is 1.00 bits per heavy atom. The van der Waals surface area contributed by atoms with Gasteiger partial charge in [-0.15, -0.1) is 0 Å². The van der Waals surface area contributed by atoms with Gasteiger partial charge in [-0.3, -0.25) is 0 Å². The van der Waals surface area contributed by atoms with Crippen molar-refractivity contribution in [1.29, 1.82) is 0 Å². The van der Waals surface area contributed by atoms with Gasteiger partial charge in [0.05, 0.1) is 13.3 Å². The fourth-order valence-electron chi connectivity index (χ4n) is 6.77. The number of anilines is 1. The molecule has 2 aromatic carbocycles. The summed E-state index contributed by atoms with van der Waals surface area (Å²) in [4.78, 5) is 24.2. The number of rotatable bonds is 6. The van der Waals surface area contributed by atoms with E-state index in [1.165, 1.54) is 0 Å². The maximum atomic E-state index is 12.1. The molecular formula is C30H37N3O7. The Hall–Kier alpha value is -3.18. The number of carbonyl (C=O) groups excluding carboxylic acids is 1. The zero-order valence-electron chi connectivity index (χ0n) is 23.3. The van der Waals surface area contributed by atoms with E-state index in [0.717, 1.165) is 31.2 Å². The lowest BCUT2D eigenvalue weighted by atomic mass is 9.58. The van der Waals surface area contributed by atoms with Gasteiger partial charge in [0, 0.05) is 23.9 Å². The second-order valence-corrected chi connectivity index (χ2v) is 11.5. The van der Waals surface area contributed by atoms with E-state index in [4.69, 9.17) is 28.7 Å². The van der Waals surface area contributed by atoms with Crippen LogP contribution in [0.25, 0.3) is 0 Å². The summed E-state index contributed by atoms with van der Waals surface area (Å²) in [6.45, 7) is 6.39. The Morgan fingerprint density at radius 3 is 2.50 bits per heavy atom. The zero-order valence-corrected chi connectivity index (χ0v) is 23.3. The predicted molar refractivity (Wildman–Crippen MR) is 147 cm³/mol. The van der Waals surface area contributed by atoms with Crippen molar-refractivity contribution in [3.8, 4) is 11.5 Å². The zero-order chi connectivity index (χ0) is 27.9. The van der Waals surface area contributed by atoms with Crippen molar-refractivity contribution in [2.45, 2.75) is 70.4 Å². The number of hydrogen-bond acceptors (Lipinski definition) is 8. The van der Waals surface area contributed by atoms with Crippen LogP contribution >= 0.6 is 0 Å². The van der Waals surface area contributed by atoms with Crippen molar-refractivity contribution in [3.05, 3.63) is 54.1 Å². The van der Waals surface area contributed by atoms with Gasteiger partial charge in [-0.2, -0.15) is 5.10 Å². The van der Waals surface area contributed by atoms with Crippen LogP contribution in [0.2, 0.25) is 0 Å². The summed E-state index contributed by atoms with van der Waals surface area (Å²) in [5.74, 6) is 1.68. The van der Waals surface area contributed by atoms with Crippen molar-refractivity contribution in [3.63, 3.8) is 0 Å². The largest absolute Gasteiger partial charge is 0.497 e. The van der Waals surface area contributed by atoms with E-state index in [2.05, 4.69) is 29.7 Å². The highest BCUT2D eigenvalue weighted by atomic mass is 17.3. The van der Waals surface area contributed by atoms with Gasteiger partial charge in [0.1, 0.15) is 11.5 Å². The molecule has 1 saturated carbocycles. The maximum Gasteiger partial charge on any atom is 0.339 e. The molecule has 4 aliphatic heterocycles. The van der Waals surface area contributed by atoms with E-state index in [1.807, 2.05) is 31.2 Å². The van der Waals surface area contributed by atoms with E-state index in [-0.39, 0.29) is 11.8 Å². The molecule has 8 atom stereocenters. The number of urea groups is 1. The number of nitrogens with one attached hydrogen (secondary N) is 2. The summed E-state index contributed by atoms with van der Waals surface area (Å²) < 4.78 is 24.4. The van der Waals surface area contributed by atoms with E-state index in [1.54, 1.807) is 37.6 Å². The van der Waals surface area contributed by atoms with Crippen molar-refractivity contribution >= 4 is 17.9 Å². The Kier molecular flexibility index (Phi) is 7.20. The first-order valence-electron chi connectivity index (χ1n) is 14.0. The number of hydrazone groups is 1. The summed E-state index contributed by atoms with van der Waals surface area (Å²) in [5.41, 5.74) is 3.29. The first-order chi connectivity index (χ1) is 19.3. The monoisotopic (exact) mass is 551 g/mol. The molecule has 10 nitrogen and oxygen atoms in total. The number of hydrogen-bond donors (Lipinski definition) is 2. The number of ether oxygens (including phenoxy) is 4. The summed E-state index contributed by atoms with van der Waals surface area (Å²) in [6.07, 6.45) is 4.46. The number of amides is 2.